The van der Waals surface area contributed by atoms with Gasteiger partial charge in [0.25, 0.3) is 0 Å². The Balaban J connectivity index is 0.000000130. The average Bonchev–Trinajstić information content (AvgIpc) is 1.56. The molecule has 2 aromatic heterocycles. The van der Waals surface area contributed by atoms with Gasteiger partial charge in [-0.2, -0.15) is 5.26 Å². The number of nitrogens with zero attached hydrogens (tertiary/aromatic N) is 5. The third-order valence-electron chi connectivity index (χ3n) is 18.2. The molecule has 6 nitrogen and oxygen atoms in total. The molecule has 0 saturated carbocycles. The van der Waals surface area contributed by atoms with E-state index in [9.17, 15) is 5.26 Å². The summed E-state index contributed by atoms with van der Waals surface area (Å²) in [5, 5.41) is 15.6. The topological polar surface area (TPSA) is 53.3 Å². The number of hydrogen-bond donors (Lipinski definition) is 1. The minimum Gasteiger partial charge on any atom is -0.354 e. The van der Waals surface area contributed by atoms with E-state index in [1.165, 1.54) is 83.3 Å². The molecule has 18 rings (SSSR count). The fourth-order valence-electron chi connectivity index (χ4n) is 14.0. The summed E-state index contributed by atoms with van der Waals surface area (Å²) in [6.45, 7) is 6.95. The molecule has 0 fully saturated rings. The van der Waals surface area contributed by atoms with Crippen molar-refractivity contribution >= 4 is 71.9 Å². The Morgan fingerprint density at radius 1 is 0.330 bits per heavy atom. The van der Waals surface area contributed by atoms with Gasteiger partial charge in [0.05, 0.1) is 52.0 Å². The molecule has 0 radical (unpaired) electrons. The zero-order valence-electron chi connectivity index (χ0n) is 52.6. The van der Waals surface area contributed by atoms with Crippen LogP contribution in [0.2, 0.25) is 0 Å². The maximum atomic E-state index is 9.47. The normalized spacial score (nSPS) is 11.4. The van der Waals surface area contributed by atoms with E-state index in [2.05, 4.69) is 331 Å². The second kappa shape index (κ2) is 26.0. The number of hydrogen-bond acceptors (Lipinski definition) is 3. The van der Waals surface area contributed by atoms with Gasteiger partial charge in [0.2, 0.25) is 0 Å². The van der Waals surface area contributed by atoms with Gasteiger partial charge >= 0.3 is 0 Å². The summed E-state index contributed by atoms with van der Waals surface area (Å²) in [5.41, 5.74) is 30.4. The van der Waals surface area contributed by atoms with E-state index >= 15 is 0 Å². The van der Waals surface area contributed by atoms with Crippen molar-refractivity contribution in [2.75, 3.05) is 10.2 Å². The Bertz CT molecular complexity index is 5690. The quantitative estimate of drug-likeness (QED) is 0.162. The minimum atomic E-state index is 0.659. The molecule has 2 aliphatic heterocycles. The van der Waals surface area contributed by atoms with Crippen LogP contribution in [0.15, 0.2) is 356 Å². The Kier molecular flexibility index (Phi) is 15.9. The Morgan fingerprint density at radius 2 is 0.742 bits per heavy atom. The summed E-state index contributed by atoms with van der Waals surface area (Å²) in [6, 6.07) is 126. The molecule has 0 spiro atoms. The highest BCUT2D eigenvalue weighted by Crippen LogP contribution is 2.56. The van der Waals surface area contributed by atoms with Crippen LogP contribution in [-0.2, 0) is 0 Å². The lowest BCUT2D eigenvalue weighted by atomic mass is 9.96. The highest BCUT2D eigenvalue weighted by Gasteiger charge is 2.33. The van der Waals surface area contributed by atoms with E-state index in [0.717, 1.165) is 72.1 Å². The summed E-state index contributed by atoms with van der Waals surface area (Å²) in [5.74, 6) is 0. The zero-order valence-corrected chi connectivity index (χ0v) is 54.2. The summed E-state index contributed by atoms with van der Waals surface area (Å²) in [4.78, 5) is 5.81. The molecule has 16 aromatic rings. The number of halogens is 1. The first kappa shape index (κ1) is 59.2. The van der Waals surface area contributed by atoms with Crippen molar-refractivity contribution in [1.29, 1.82) is 5.26 Å². The number of benzene rings is 14. The second-order valence-electron chi connectivity index (χ2n) is 23.9. The van der Waals surface area contributed by atoms with Crippen LogP contribution in [0.3, 0.4) is 0 Å². The predicted octanol–water partition coefficient (Wildman–Crippen LogP) is 25.3. The lowest BCUT2D eigenvalue weighted by Gasteiger charge is -2.28. The SMILES string of the molecule is N#Cc1cccc(-c2ccc(N3c4ccccc4-c4c(n(-c5ccccc5)c5c(-c6ccccc6)cccc45)-c4ccccc43)cc2)c1.[C-]#[N+]c1cccc(-c2ccc(Br)cc2)c1.c1ccc(-c2cccc3c4c(n(-c5ccccc5)c23)-c2ccccc2Nc2ccccc2-4)cc1. The highest BCUT2D eigenvalue weighted by molar-refractivity contribution is 9.10. The van der Waals surface area contributed by atoms with Gasteiger partial charge in [0.15, 0.2) is 5.69 Å². The number of aromatic nitrogens is 2. The number of para-hydroxylation sites is 8. The zero-order chi connectivity index (χ0) is 65.2. The van der Waals surface area contributed by atoms with Gasteiger partial charge in [0.1, 0.15) is 0 Å². The Hall–Kier alpha value is -12.8. The van der Waals surface area contributed by atoms with Crippen molar-refractivity contribution in [1.82, 2.24) is 9.13 Å². The maximum absolute atomic E-state index is 9.47. The van der Waals surface area contributed by atoms with Crippen molar-refractivity contribution in [3.63, 3.8) is 0 Å². The van der Waals surface area contributed by atoms with Gasteiger partial charge in [-0.25, -0.2) is 4.85 Å². The number of nitriles is 1. The maximum Gasteiger partial charge on any atom is 0.187 e. The van der Waals surface area contributed by atoms with E-state index in [1.54, 1.807) is 0 Å². The molecular formula is C90H59BrN6. The largest absolute Gasteiger partial charge is 0.354 e. The van der Waals surface area contributed by atoms with E-state index in [0.29, 0.717) is 11.3 Å². The van der Waals surface area contributed by atoms with E-state index in [1.807, 2.05) is 66.7 Å². The van der Waals surface area contributed by atoms with Crippen LogP contribution in [-0.4, -0.2) is 9.13 Å². The predicted molar refractivity (Wildman–Crippen MR) is 407 cm³/mol. The fraction of sp³-hybridized carbons (Fsp3) is 0. The highest BCUT2D eigenvalue weighted by atomic mass is 79.9. The molecule has 0 bridgehead atoms. The van der Waals surface area contributed by atoms with Gasteiger partial charge < -0.3 is 19.4 Å². The first-order valence-electron chi connectivity index (χ1n) is 32.3. The lowest BCUT2D eigenvalue weighted by molar-refractivity contribution is 1.13. The van der Waals surface area contributed by atoms with Crippen LogP contribution in [0.5, 0.6) is 0 Å². The molecule has 0 aliphatic carbocycles. The Labute approximate surface area is 572 Å². The summed E-state index contributed by atoms with van der Waals surface area (Å²) >= 11 is 3.40. The third kappa shape index (κ3) is 11.0. The van der Waals surface area contributed by atoms with Crippen molar-refractivity contribution in [3.8, 4) is 107 Å². The van der Waals surface area contributed by atoms with Gasteiger partial charge in [-0.15, -0.1) is 0 Å². The van der Waals surface area contributed by atoms with Crippen LogP contribution in [0, 0.1) is 17.9 Å². The minimum absolute atomic E-state index is 0.659. The molecule has 7 heteroatoms. The first-order valence-corrected chi connectivity index (χ1v) is 33.1. The number of fused-ring (bicyclic) bond motifs is 14. The van der Waals surface area contributed by atoms with Gasteiger partial charge in [-0.05, 0) is 124 Å². The summed E-state index contributed by atoms with van der Waals surface area (Å²) in [7, 11) is 0. The Morgan fingerprint density at radius 3 is 1.31 bits per heavy atom. The molecule has 2 aliphatic rings. The van der Waals surface area contributed by atoms with E-state index in [-0.39, 0.29) is 0 Å². The standard InChI is InChI=1S/C45H29N3.C32H22N2.C13H8BrN/c46-30-31-13-11-16-34(29-31)32-25-27-36(28-26-32)47-41-23-9-7-19-38(41)43-40-22-12-21-37(33-14-3-1-4-15-33)44(40)48(35-17-5-2-6-18-35)45(43)39-20-8-10-24-42(39)47;1-3-12-22(13-4-1)24-18-11-19-27-30-25-16-7-9-20-28(25)33-29-21-10-8-17-26(29)32(30)34(31(24)27)23-14-5-2-6-15-23;1-15-13-4-2-3-11(9-13)10-5-7-12(14)8-6-10/h1-29H;1-21,33H;2-9H. The van der Waals surface area contributed by atoms with Crippen molar-refractivity contribution < 1.29 is 0 Å². The van der Waals surface area contributed by atoms with E-state index < -0.39 is 0 Å². The van der Waals surface area contributed by atoms with E-state index in [4.69, 9.17) is 6.57 Å². The van der Waals surface area contributed by atoms with Gasteiger partial charge in [0, 0.05) is 88.2 Å². The van der Waals surface area contributed by atoms with Crippen LogP contribution in [0.25, 0.3) is 127 Å². The van der Waals surface area contributed by atoms with Crippen LogP contribution in [0.1, 0.15) is 5.56 Å². The number of nitrogens with one attached hydrogen (secondary N) is 1. The van der Waals surface area contributed by atoms with Crippen molar-refractivity contribution in [2.45, 2.75) is 0 Å². The second-order valence-corrected chi connectivity index (χ2v) is 24.8. The molecule has 0 saturated heterocycles. The molecule has 0 amide bonds. The van der Waals surface area contributed by atoms with Crippen molar-refractivity contribution in [2.24, 2.45) is 0 Å². The molecular weight excluding hydrogens is 1240 g/mol. The van der Waals surface area contributed by atoms with Crippen LogP contribution >= 0.6 is 15.9 Å². The van der Waals surface area contributed by atoms with Crippen LogP contribution < -0.4 is 10.2 Å². The first-order chi connectivity index (χ1) is 48.0. The van der Waals surface area contributed by atoms with Gasteiger partial charge in [-0.1, -0.05) is 277 Å². The number of rotatable bonds is 7. The fourth-order valence-corrected chi connectivity index (χ4v) is 14.2. The van der Waals surface area contributed by atoms with Crippen LogP contribution in [0.4, 0.5) is 34.1 Å². The molecule has 1 N–H and O–H groups in total. The number of anilines is 5. The molecule has 0 atom stereocenters. The lowest BCUT2D eigenvalue weighted by Crippen LogP contribution is -2.11. The third-order valence-corrected chi connectivity index (χ3v) is 18.8. The van der Waals surface area contributed by atoms with Crippen molar-refractivity contribution in [3.05, 3.63) is 373 Å². The molecule has 456 valence electrons. The van der Waals surface area contributed by atoms with Gasteiger partial charge in [-0.3, -0.25) is 0 Å². The monoisotopic (exact) mass is 1300 g/mol. The molecule has 14 aromatic carbocycles. The molecule has 4 heterocycles. The summed E-state index contributed by atoms with van der Waals surface area (Å²) in [6.07, 6.45) is 0. The summed E-state index contributed by atoms with van der Waals surface area (Å²) < 4.78 is 5.99. The molecule has 97 heavy (non-hydrogen) atoms. The smallest absolute Gasteiger partial charge is 0.187 e. The average molecular weight is 1300 g/mol. The molecule has 0 unspecified atom stereocenters.